The first-order valence-electron chi connectivity index (χ1n) is 12.9. The fourth-order valence-corrected chi connectivity index (χ4v) is 6.09. The Bertz CT molecular complexity index is 1270. The zero-order valence-corrected chi connectivity index (χ0v) is 24.3. The van der Waals surface area contributed by atoms with Crippen LogP contribution in [0.1, 0.15) is 0 Å². The highest BCUT2D eigenvalue weighted by Gasteiger charge is 2.22. The van der Waals surface area contributed by atoms with Gasteiger partial charge in [0.15, 0.2) is 0 Å². The largest absolute Gasteiger partial charge is 0.490 e. The highest BCUT2D eigenvalue weighted by atomic mass is 79.9. The van der Waals surface area contributed by atoms with Gasteiger partial charge in [0.25, 0.3) is 0 Å². The van der Waals surface area contributed by atoms with Gasteiger partial charge >= 0.3 is 0 Å². The van der Waals surface area contributed by atoms with E-state index in [0.717, 1.165) is 68.2 Å². The van der Waals surface area contributed by atoms with Gasteiger partial charge in [0.1, 0.15) is 36.9 Å². The summed E-state index contributed by atoms with van der Waals surface area (Å²) in [4.78, 5) is 4.49. The summed E-state index contributed by atoms with van der Waals surface area (Å²) in [5, 5.41) is 25.6. The Morgan fingerprint density at radius 2 is 1.00 bits per heavy atom. The topological polar surface area (TPSA) is 65.4 Å². The van der Waals surface area contributed by atoms with Gasteiger partial charge in [0, 0.05) is 39.3 Å². The van der Waals surface area contributed by atoms with Crippen LogP contribution in [0.3, 0.4) is 0 Å². The van der Waals surface area contributed by atoms with E-state index in [2.05, 4.69) is 53.8 Å². The molecule has 1 fully saturated rings. The minimum Gasteiger partial charge on any atom is -0.490 e. The van der Waals surface area contributed by atoms with E-state index >= 15 is 0 Å². The SMILES string of the molecule is O[C@H](COc1ccc2ccccc2c1Br)CN1CCN(C[C@H](O)COc2ccc3ccccc3c2Br)CC1. The van der Waals surface area contributed by atoms with Crippen molar-refractivity contribution in [3.05, 3.63) is 81.7 Å². The molecule has 0 aromatic heterocycles. The van der Waals surface area contributed by atoms with Crippen molar-refractivity contribution >= 4 is 53.4 Å². The fraction of sp³-hybridized carbons (Fsp3) is 0.333. The predicted molar refractivity (Wildman–Crippen MR) is 159 cm³/mol. The third kappa shape index (κ3) is 6.68. The summed E-state index contributed by atoms with van der Waals surface area (Å²) in [6, 6.07) is 24.2. The molecule has 0 aliphatic carbocycles. The van der Waals surface area contributed by atoms with E-state index in [1.165, 1.54) is 0 Å². The normalized spacial score (nSPS) is 16.5. The number of hydrogen-bond donors (Lipinski definition) is 2. The van der Waals surface area contributed by atoms with Gasteiger partial charge in [-0.25, -0.2) is 0 Å². The first-order valence-corrected chi connectivity index (χ1v) is 14.5. The van der Waals surface area contributed by atoms with Crippen molar-refractivity contribution in [2.45, 2.75) is 12.2 Å². The lowest BCUT2D eigenvalue weighted by molar-refractivity contribution is 0.0239. The molecule has 1 saturated heterocycles. The Balaban J connectivity index is 1.03. The lowest BCUT2D eigenvalue weighted by Crippen LogP contribution is -2.51. The van der Waals surface area contributed by atoms with E-state index in [1.807, 2.05) is 60.7 Å². The number of benzene rings is 4. The molecule has 0 radical (unpaired) electrons. The summed E-state index contributed by atoms with van der Waals surface area (Å²) < 4.78 is 13.7. The van der Waals surface area contributed by atoms with Gasteiger partial charge < -0.3 is 19.7 Å². The van der Waals surface area contributed by atoms with E-state index in [-0.39, 0.29) is 13.2 Å². The molecular formula is C30H32Br2N2O4. The Hall–Kier alpha value is -2.20. The molecule has 0 amide bonds. The third-order valence-electron chi connectivity index (χ3n) is 6.92. The molecule has 1 aliphatic rings. The van der Waals surface area contributed by atoms with Crippen molar-refractivity contribution in [2.75, 3.05) is 52.5 Å². The van der Waals surface area contributed by atoms with Crippen LogP contribution in [0.4, 0.5) is 0 Å². The summed E-state index contributed by atoms with van der Waals surface area (Å²) in [5.41, 5.74) is 0. The molecule has 38 heavy (non-hydrogen) atoms. The van der Waals surface area contributed by atoms with Crippen LogP contribution in [0, 0.1) is 0 Å². The number of aliphatic hydroxyl groups is 2. The molecule has 1 heterocycles. The van der Waals surface area contributed by atoms with Crippen molar-refractivity contribution in [2.24, 2.45) is 0 Å². The van der Waals surface area contributed by atoms with Crippen molar-refractivity contribution < 1.29 is 19.7 Å². The molecule has 4 aromatic carbocycles. The molecule has 1 aliphatic heterocycles. The van der Waals surface area contributed by atoms with E-state index in [1.54, 1.807) is 0 Å². The molecule has 4 aromatic rings. The average Bonchev–Trinajstić information content (AvgIpc) is 2.94. The zero-order valence-electron chi connectivity index (χ0n) is 21.1. The quantitative estimate of drug-likeness (QED) is 0.244. The Morgan fingerprint density at radius 1 is 0.605 bits per heavy atom. The van der Waals surface area contributed by atoms with Crippen LogP contribution in [-0.2, 0) is 0 Å². The molecule has 200 valence electrons. The van der Waals surface area contributed by atoms with E-state index < -0.39 is 12.2 Å². The van der Waals surface area contributed by atoms with Crippen LogP contribution in [0.25, 0.3) is 21.5 Å². The molecule has 0 saturated carbocycles. The monoisotopic (exact) mass is 642 g/mol. The molecule has 2 atom stereocenters. The number of aliphatic hydroxyl groups excluding tert-OH is 2. The van der Waals surface area contributed by atoms with Crippen LogP contribution < -0.4 is 9.47 Å². The Kier molecular flexibility index (Phi) is 9.20. The summed E-state index contributed by atoms with van der Waals surface area (Å²) in [5.74, 6) is 1.47. The first kappa shape index (κ1) is 27.4. The van der Waals surface area contributed by atoms with Crippen molar-refractivity contribution in [3.63, 3.8) is 0 Å². The molecular weight excluding hydrogens is 612 g/mol. The maximum atomic E-state index is 10.6. The van der Waals surface area contributed by atoms with Gasteiger partial charge in [-0.3, -0.25) is 9.80 Å². The third-order valence-corrected chi connectivity index (χ3v) is 8.56. The second-order valence-electron chi connectivity index (χ2n) is 9.73. The van der Waals surface area contributed by atoms with Gasteiger partial charge in [-0.05, 0) is 65.5 Å². The van der Waals surface area contributed by atoms with Crippen molar-refractivity contribution in [1.29, 1.82) is 0 Å². The average molecular weight is 644 g/mol. The van der Waals surface area contributed by atoms with Crippen LogP contribution >= 0.6 is 31.9 Å². The summed E-state index contributed by atoms with van der Waals surface area (Å²) in [6.07, 6.45) is -1.17. The molecule has 2 N–H and O–H groups in total. The Morgan fingerprint density at radius 3 is 1.42 bits per heavy atom. The van der Waals surface area contributed by atoms with Crippen LogP contribution in [0.15, 0.2) is 81.7 Å². The zero-order chi connectivity index (χ0) is 26.5. The van der Waals surface area contributed by atoms with Gasteiger partial charge in [-0.15, -0.1) is 0 Å². The lowest BCUT2D eigenvalue weighted by atomic mass is 10.1. The molecule has 8 heteroatoms. The summed E-state index contributed by atoms with van der Waals surface area (Å²) in [7, 11) is 0. The van der Waals surface area contributed by atoms with Crippen LogP contribution in [-0.4, -0.2) is 84.7 Å². The molecule has 0 unspecified atom stereocenters. The van der Waals surface area contributed by atoms with Crippen LogP contribution in [0.2, 0.25) is 0 Å². The molecule has 6 nitrogen and oxygen atoms in total. The molecule has 5 rings (SSSR count). The maximum Gasteiger partial charge on any atom is 0.134 e. The maximum absolute atomic E-state index is 10.6. The number of nitrogens with zero attached hydrogens (tertiary/aromatic N) is 2. The lowest BCUT2D eigenvalue weighted by Gasteiger charge is -2.36. The highest BCUT2D eigenvalue weighted by molar-refractivity contribution is 9.11. The van der Waals surface area contributed by atoms with Gasteiger partial charge in [0.2, 0.25) is 0 Å². The van der Waals surface area contributed by atoms with E-state index in [0.29, 0.717) is 13.1 Å². The number of halogens is 2. The van der Waals surface area contributed by atoms with E-state index in [9.17, 15) is 10.2 Å². The number of β-amino-alcohol motifs (C(OH)–C–C–N with tert-alkyl or cyclic N) is 2. The van der Waals surface area contributed by atoms with Crippen molar-refractivity contribution in [3.8, 4) is 11.5 Å². The molecule has 0 spiro atoms. The predicted octanol–water partition coefficient (Wildman–Crippen LogP) is 5.32. The number of fused-ring (bicyclic) bond motifs is 2. The minimum atomic E-state index is -0.584. The number of ether oxygens (including phenoxy) is 2. The minimum absolute atomic E-state index is 0.234. The second kappa shape index (κ2) is 12.8. The number of rotatable bonds is 10. The van der Waals surface area contributed by atoms with E-state index in [4.69, 9.17) is 9.47 Å². The highest BCUT2D eigenvalue weighted by Crippen LogP contribution is 2.34. The standard InChI is InChI=1S/C30H32Br2N2O4/c31-29-25-7-3-1-5-21(25)9-11-27(29)37-19-23(35)17-33-13-15-34(16-14-33)18-24(36)20-38-28-12-10-22-6-2-4-8-26(22)30(28)32/h1-12,23-24,35-36H,13-20H2/t23-,24-/m0/s1. The van der Waals surface area contributed by atoms with Crippen molar-refractivity contribution in [1.82, 2.24) is 9.80 Å². The van der Waals surface area contributed by atoms with Gasteiger partial charge in [-0.2, -0.15) is 0 Å². The van der Waals surface area contributed by atoms with Crippen LogP contribution in [0.5, 0.6) is 11.5 Å². The fourth-order valence-electron chi connectivity index (χ4n) is 4.88. The number of hydrogen-bond acceptors (Lipinski definition) is 6. The first-order chi connectivity index (χ1) is 18.5. The smallest absolute Gasteiger partial charge is 0.134 e. The summed E-state index contributed by atoms with van der Waals surface area (Å²) in [6.45, 7) is 4.92. The van der Waals surface area contributed by atoms with Gasteiger partial charge in [0.05, 0.1) is 8.95 Å². The number of piperazine rings is 1. The summed E-state index contributed by atoms with van der Waals surface area (Å²) >= 11 is 7.28. The molecule has 0 bridgehead atoms. The second-order valence-corrected chi connectivity index (χ2v) is 11.3. The Labute approximate surface area is 240 Å². The van der Waals surface area contributed by atoms with Gasteiger partial charge in [-0.1, -0.05) is 60.7 Å².